The van der Waals surface area contributed by atoms with Crippen LogP contribution in [0.25, 0.3) is 0 Å². The fourth-order valence-electron chi connectivity index (χ4n) is 2.71. The third-order valence-corrected chi connectivity index (χ3v) is 3.76. The van der Waals surface area contributed by atoms with Gasteiger partial charge in [0.05, 0.1) is 0 Å². The van der Waals surface area contributed by atoms with Crippen LogP contribution in [0.2, 0.25) is 0 Å². The Morgan fingerprint density at radius 1 is 1.15 bits per heavy atom. The van der Waals surface area contributed by atoms with Gasteiger partial charge in [-0.1, -0.05) is 24.3 Å². The standard InChI is InChI=1S/C17H21N3/c1-2-10-19-16(8-1)9-12-18-13-15-6-3-5-14-7-4-11-20-17(14)15/h1-3,5-6,8,10,18,20H,4,7,9,11-13H2. The monoisotopic (exact) mass is 267 g/mol. The molecule has 2 N–H and O–H groups in total. The Hall–Kier alpha value is -1.87. The van der Waals surface area contributed by atoms with Gasteiger partial charge in [-0.15, -0.1) is 0 Å². The first-order chi connectivity index (χ1) is 9.93. The molecule has 3 heteroatoms. The van der Waals surface area contributed by atoms with Crippen molar-refractivity contribution in [1.82, 2.24) is 10.3 Å². The third kappa shape index (κ3) is 3.17. The highest BCUT2D eigenvalue weighted by Crippen LogP contribution is 2.25. The molecule has 1 aliphatic heterocycles. The van der Waals surface area contributed by atoms with Gasteiger partial charge in [-0.3, -0.25) is 4.98 Å². The van der Waals surface area contributed by atoms with Crippen LogP contribution in [0.5, 0.6) is 0 Å². The number of aryl methyl sites for hydroxylation is 1. The van der Waals surface area contributed by atoms with Crippen LogP contribution in [0.3, 0.4) is 0 Å². The summed E-state index contributed by atoms with van der Waals surface area (Å²) >= 11 is 0. The molecule has 0 fully saturated rings. The Bertz CT molecular complexity index is 551. The Labute approximate surface area is 120 Å². The molecule has 1 aromatic heterocycles. The summed E-state index contributed by atoms with van der Waals surface area (Å²) in [4.78, 5) is 4.34. The van der Waals surface area contributed by atoms with Gasteiger partial charge in [0.1, 0.15) is 0 Å². The lowest BCUT2D eigenvalue weighted by molar-refractivity contribution is 0.678. The molecule has 0 spiro atoms. The molecule has 0 aliphatic carbocycles. The van der Waals surface area contributed by atoms with Crippen molar-refractivity contribution in [2.75, 3.05) is 18.4 Å². The van der Waals surface area contributed by atoms with Crippen LogP contribution < -0.4 is 10.6 Å². The van der Waals surface area contributed by atoms with Crippen LogP contribution in [0.1, 0.15) is 23.2 Å². The number of para-hydroxylation sites is 1. The lowest BCUT2D eigenvalue weighted by Gasteiger charge is -2.21. The number of benzene rings is 1. The number of nitrogens with one attached hydrogen (secondary N) is 2. The largest absolute Gasteiger partial charge is 0.385 e. The minimum absolute atomic E-state index is 0.920. The second kappa shape index (κ2) is 6.53. The molecule has 1 aromatic carbocycles. The van der Waals surface area contributed by atoms with Gasteiger partial charge in [0, 0.05) is 43.6 Å². The molecule has 20 heavy (non-hydrogen) atoms. The SMILES string of the molecule is c1ccc(CCNCc2cccc3c2NCCC3)nc1. The van der Waals surface area contributed by atoms with Gasteiger partial charge in [0.2, 0.25) is 0 Å². The lowest BCUT2D eigenvalue weighted by atomic mass is 9.99. The fourth-order valence-corrected chi connectivity index (χ4v) is 2.71. The van der Waals surface area contributed by atoms with E-state index < -0.39 is 0 Å². The molecule has 1 aliphatic rings. The van der Waals surface area contributed by atoms with Gasteiger partial charge < -0.3 is 10.6 Å². The van der Waals surface area contributed by atoms with Crippen LogP contribution in [0, 0.1) is 0 Å². The Balaban J connectivity index is 1.54. The predicted molar refractivity (Wildman–Crippen MR) is 82.9 cm³/mol. The first kappa shape index (κ1) is 13.1. The highest BCUT2D eigenvalue weighted by molar-refractivity contribution is 5.59. The molecule has 0 atom stereocenters. The predicted octanol–water partition coefficient (Wildman–Crippen LogP) is 2.77. The fraction of sp³-hybridized carbons (Fsp3) is 0.353. The summed E-state index contributed by atoms with van der Waals surface area (Å²) in [5.74, 6) is 0. The highest BCUT2D eigenvalue weighted by Gasteiger charge is 2.11. The van der Waals surface area contributed by atoms with Crippen LogP contribution in [-0.2, 0) is 19.4 Å². The molecule has 0 unspecified atom stereocenters. The number of pyridine rings is 1. The second-order valence-electron chi connectivity index (χ2n) is 5.23. The zero-order valence-electron chi connectivity index (χ0n) is 11.7. The molecular formula is C17H21N3. The molecule has 0 saturated carbocycles. The summed E-state index contributed by atoms with van der Waals surface area (Å²) in [5.41, 5.74) is 5.33. The first-order valence-corrected chi connectivity index (χ1v) is 7.39. The molecule has 0 amide bonds. The summed E-state index contributed by atoms with van der Waals surface area (Å²) in [6.07, 6.45) is 5.27. The van der Waals surface area contributed by atoms with Crippen molar-refractivity contribution in [2.45, 2.75) is 25.8 Å². The maximum Gasteiger partial charge on any atom is 0.0418 e. The van der Waals surface area contributed by atoms with E-state index in [1.54, 1.807) is 0 Å². The Morgan fingerprint density at radius 3 is 3.05 bits per heavy atom. The molecule has 0 saturated heterocycles. The lowest BCUT2D eigenvalue weighted by Crippen LogP contribution is -2.20. The number of hydrogen-bond donors (Lipinski definition) is 2. The van der Waals surface area contributed by atoms with Crippen LogP contribution in [-0.4, -0.2) is 18.1 Å². The van der Waals surface area contributed by atoms with Gasteiger partial charge in [-0.25, -0.2) is 0 Å². The van der Waals surface area contributed by atoms with Crippen molar-refractivity contribution in [3.05, 3.63) is 59.4 Å². The van der Waals surface area contributed by atoms with Gasteiger partial charge in [0.25, 0.3) is 0 Å². The van der Waals surface area contributed by atoms with Gasteiger partial charge in [-0.05, 0) is 36.1 Å². The van der Waals surface area contributed by atoms with Crippen molar-refractivity contribution in [3.8, 4) is 0 Å². The topological polar surface area (TPSA) is 37.0 Å². The van der Waals surface area contributed by atoms with Gasteiger partial charge in [0.15, 0.2) is 0 Å². The number of nitrogens with zero attached hydrogens (tertiary/aromatic N) is 1. The summed E-state index contributed by atoms with van der Waals surface area (Å²) in [6.45, 7) is 2.97. The van der Waals surface area contributed by atoms with E-state index in [0.717, 1.165) is 31.7 Å². The minimum Gasteiger partial charge on any atom is -0.385 e. The molecule has 0 bridgehead atoms. The zero-order valence-corrected chi connectivity index (χ0v) is 11.7. The van der Waals surface area contributed by atoms with Crippen molar-refractivity contribution in [2.24, 2.45) is 0 Å². The average Bonchev–Trinajstić information content (AvgIpc) is 2.53. The normalized spacial score (nSPS) is 13.6. The summed E-state index contributed by atoms with van der Waals surface area (Å²) in [5, 5.41) is 7.06. The van der Waals surface area contributed by atoms with Crippen LogP contribution >= 0.6 is 0 Å². The molecule has 0 radical (unpaired) electrons. The molecule has 104 valence electrons. The minimum atomic E-state index is 0.920. The average molecular weight is 267 g/mol. The van der Waals surface area contributed by atoms with E-state index in [9.17, 15) is 0 Å². The number of aromatic nitrogens is 1. The molecule has 3 rings (SSSR count). The Morgan fingerprint density at radius 2 is 2.15 bits per heavy atom. The van der Waals surface area contributed by atoms with E-state index >= 15 is 0 Å². The van der Waals surface area contributed by atoms with E-state index in [2.05, 4.69) is 39.9 Å². The maximum atomic E-state index is 4.34. The third-order valence-electron chi connectivity index (χ3n) is 3.76. The van der Waals surface area contributed by atoms with Crippen molar-refractivity contribution in [3.63, 3.8) is 0 Å². The number of fused-ring (bicyclic) bond motifs is 1. The van der Waals surface area contributed by atoms with E-state index in [0.29, 0.717) is 0 Å². The summed E-state index contributed by atoms with van der Waals surface area (Å²) in [6, 6.07) is 12.7. The van der Waals surface area contributed by atoms with E-state index in [1.807, 2.05) is 18.3 Å². The number of hydrogen-bond acceptors (Lipinski definition) is 3. The summed E-state index contributed by atoms with van der Waals surface area (Å²) in [7, 11) is 0. The van der Waals surface area contributed by atoms with Gasteiger partial charge >= 0.3 is 0 Å². The first-order valence-electron chi connectivity index (χ1n) is 7.39. The molecular weight excluding hydrogens is 246 g/mol. The van der Waals surface area contributed by atoms with E-state index in [4.69, 9.17) is 0 Å². The van der Waals surface area contributed by atoms with Crippen LogP contribution in [0.15, 0.2) is 42.6 Å². The van der Waals surface area contributed by atoms with Crippen molar-refractivity contribution >= 4 is 5.69 Å². The van der Waals surface area contributed by atoms with Gasteiger partial charge in [-0.2, -0.15) is 0 Å². The maximum absolute atomic E-state index is 4.34. The number of rotatable bonds is 5. The smallest absolute Gasteiger partial charge is 0.0418 e. The molecule has 3 nitrogen and oxygen atoms in total. The molecule has 2 aromatic rings. The highest BCUT2D eigenvalue weighted by atomic mass is 14.9. The summed E-state index contributed by atoms with van der Waals surface area (Å²) < 4.78 is 0. The quantitative estimate of drug-likeness (QED) is 0.818. The van der Waals surface area contributed by atoms with E-state index in [1.165, 1.54) is 29.7 Å². The van der Waals surface area contributed by atoms with E-state index in [-0.39, 0.29) is 0 Å². The van der Waals surface area contributed by atoms with Crippen molar-refractivity contribution in [1.29, 1.82) is 0 Å². The molecule has 2 heterocycles. The van der Waals surface area contributed by atoms with Crippen LogP contribution in [0.4, 0.5) is 5.69 Å². The Kier molecular flexibility index (Phi) is 4.28. The second-order valence-corrected chi connectivity index (χ2v) is 5.23. The zero-order chi connectivity index (χ0) is 13.6. The number of anilines is 1. The van der Waals surface area contributed by atoms with Crippen molar-refractivity contribution < 1.29 is 0 Å².